The maximum Gasteiger partial charge on any atom is 0.347 e. The largest absolute Gasteiger partial charge is 0.493 e. The summed E-state index contributed by atoms with van der Waals surface area (Å²) in [5.74, 6) is 0.330. The third-order valence-electron chi connectivity index (χ3n) is 3.43. The van der Waals surface area contributed by atoms with E-state index in [0.29, 0.717) is 35.2 Å². The SMILES string of the molecule is CCc1nc(-c2ccc(OCCN(C)C)c(OC)c2)sc1C(=O)O. The van der Waals surface area contributed by atoms with Gasteiger partial charge in [-0.15, -0.1) is 11.3 Å². The highest BCUT2D eigenvalue weighted by molar-refractivity contribution is 7.17. The van der Waals surface area contributed by atoms with Crippen LogP contribution in [0.25, 0.3) is 10.6 Å². The van der Waals surface area contributed by atoms with Crippen LogP contribution in [0.5, 0.6) is 11.5 Å². The molecule has 0 atom stereocenters. The van der Waals surface area contributed by atoms with Crippen molar-refractivity contribution in [2.45, 2.75) is 13.3 Å². The summed E-state index contributed by atoms with van der Waals surface area (Å²) < 4.78 is 11.1. The number of aryl methyl sites for hydroxylation is 1. The molecule has 0 amide bonds. The van der Waals surface area contributed by atoms with Crippen LogP contribution in [0.2, 0.25) is 0 Å². The summed E-state index contributed by atoms with van der Waals surface area (Å²) in [6, 6.07) is 5.53. The number of ether oxygens (including phenoxy) is 2. The molecule has 0 fully saturated rings. The molecule has 0 unspecified atom stereocenters. The Labute approximate surface area is 145 Å². The van der Waals surface area contributed by atoms with E-state index >= 15 is 0 Å². The van der Waals surface area contributed by atoms with Gasteiger partial charge >= 0.3 is 5.97 Å². The molecule has 1 aromatic carbocycles. The number of nitrogens with zero attached hydrogens (tertiary/aromatic N) is 2. The van der Waals surface area contributed by atoms with Crippen LogP contribution in [-0.4, -0.2) is 55.3 Å². The molecule has 1 aromatic heterocycles. The number of carbonyl (C=O) groups is 1. The first-order valence-corrected chi connectivity index (χ1v) is 8.46. The maximum atomic E-state index is 11.3. The van der Waals surface area contributed by atoms with E-state index in [4.69, 9.17) is 9.47 Å². The van der Waals surface area contributed by atoms with Gasteiger partial charge in [0.05, 0.1) is 12.8 Å². The van der Waals surface area contributed by atoms with Crippen molar-refractivity contribution in [1.82, 2.24) is 9.88 Å². The topological polar surface area (TPSA) is 71.9 Å². The molecule has 24 heavy (non-hydrogen) atoms. The first-order valence-electron chi connectivity index (χ1n) is 7.65. The van der Waals surface area contributed by atoms with E-state index in [1.165, 1.54) is 11.3 Å². The second-order valence-electron chi connectivity index (χ2n) is 5.47. The highest BCUT2D eigenvalue weighted by Crippen LogP contribution is 2.35. The van der Waals surface area contributed by atoms with Crippen molar-refractivity contribution in [2.24, 2.45) is 0 Å². The Morgan fingerprint density at radius 1 is 1.33 bits per heavy atom. The second kappa shape index (κ2) is 8.12. The highest BCUT2D eigenvalue weighted by atomic mass is 32.1. The maximum absolute atomic E-state index is 11.3. The molecule has 2 aromatic rings. The lowest BCUT2D eigenvalue weighted by Crippen LogP contribution is -2.19. The van der Waals surface area contributed by atoms with E-state index in [0.717, 1.165) is 12.1 Å². The number of aromatic carboxylic acids is 1. The number of likely N-dealkylation sites (N-methyl/N-ethyl adjacent to an activating group) is 1. The first kappa shape index (κ1) is 18.2. The standard InChI is InChI=1S/C17H22N2O4S/c1-5-12-15(17(20)21)24-16(18-12)11-6-7-13(14(10-11)22-4)23-9-8-19(2)3/h6-7,10H,5,8-9H2,1-4H3,(H,20,21). The summed E-state index contributed by atoms with van der Waals surface area (Å²) in [6.07, 6.45) is 0.584. The average molecular weight is 350 g/mol. The first-order chi connectivity index (χ1) is 11.5. The second-order valence-corrected chi connectivity index (χ2v) is 6.47. The fourth-order valence-electron chi connectivity index (χ4n) is 2.14. The quantitative estimate of drug-likeness (QED) is 0.789. The Morgan fingerprint density at radius 2 is 2.08 bits per heavy atom. The zero-order chi connectivity index (χ0) is 17.7. The number of benzene rings is 1. The van der Waals surface area contributed by atoms with E-state index in [1.807, 2.05) is 44.1 Å². The van der Waals surface area contributed by atoms with Gasteiger partial charge in [-0.05, 0) is 38.7 Å². The molecule has 6 nitrogen and oxygen atoms in total. The highest BCUT2D eigenvalue weighted by Gasteiger charge is 2.18. The number of rotatable bonds is 8. The molecule has 0 aliphatic heterocycles. The number of thiazole rings is 1. The number of methoxy groups -OCH3 is 1. The minimum atomic E-state index is -0.939. The molecule has 0 saturated heterocycles. The van der Waals surface area contributed by atoms with Crippen molar-refractivity contribution in [3.63, 3.8) is 0 Å². The molecule has 130 valence electrons. The molecule has 0 radical (unpaired) electrons. The van der Waals surface area contributed by atoms with Gasteiger partial charge in [0.2, 0.25) is 0 Å². The Bertz CT molecular complexity index is 713. The predicted octanol–water partition coefficient (Wildman–Crippen LogP) is 3.02. The van der Waals surface area contributed by atoms with Crippen LogP contribution >= 0.6 is 11.3 Å². The molecule has 0 saturated carbocycles. The fraction of sp³-hybridized carbons (Fsp3) is 0.412. The van der Waals surface area contributed by atoms with Gasteiger partial charge in [0, 0.05) is 12.1 Å². The third-order valence-corrected chi connectivity index (χ3v) is 4.57. The van der Waals surface area contributed by atoms with E-state index < -0.39 is 5.97 Å². The van der Waals surface area contributed by atoms with Crippen LogP contribution in [0, 0.1) is 0 Å². The number of carboxylic acid groups (broad SMARTS) is 1. The molecule has 0 aliphatic carbocycles. The van der Waals surface area contributed by atoms with Crippen LogP contribution < -0.4 is 9.47 Å². The monoisotopic (exact) mass is 350 g/mol. The van der Waals surface area contributed by atoms with Crippen molar-refractivity contribution in [3.05, 3.63) is 28.8 Å². The van der Waals surface area contributed by atoms with Gasteiger partial charge in [0.25, 0.3) is 0 Å². The molecule has 0 bridgehead atoms. The zero-order valence-corrected chi connectivity index (χ0v) is 15.1. The zero-order valence-electron chi connectivity index (χ0n) is 14.3. The Morgan fingerprint density at radius 3 is 2.62 bits per heavy atom. The predicted molar refractivity (Wildman–Crippen MR) is 94.5 cm³/mol. The molecular weight excluding hydrogens is 328 g/mol. The number of carboxylic acids is 1. The molecule has 2 rings (SSSR count). The minimum Gasteiger partial charge on any atom is -0.493 e. The van der Waals surface area contributed by atoms with Gasteiger partial charge in [-0.1, -0.05) is 6.92 Å². The van der Waals surface area contributed by atoms with Gasteiger partial charge in [0.1, 0.15) is 16.5 Å². The Kier molecular flexibility index (Phi) is 6.16. The van der Waals surface area contributed by atoms with Crippen LogP contribution in [0.1, 0.15) is 22.3 Å². The van der Waals surface area contributed by atoms with Gasteiger partial charge in [-0.3, -0.25) is 0 Å². The third kappa shape index (κ3) is 4.24. The Hall–Kier alpha value is -2.12. The van der Waals surface area contributed by atoms with Gasteiger partial charge < -0.3 is 19.5 Å². The average Bonchev–Trinajstić information content (AvgIpc) is 2.99. The summed E-state index contributed by atoms with van der Waals surface area (Å²) >= 11 is 1.18. The van der Waals surface area contributed by atoms with Crippen molar-refractivity contribution >= 4 is 17.3 Å². The molecule has 1 N–H and O–H groups in total. The summed E-state index contributed by atoms with van der Waals surface area (Å²) in [6.45, 7) is 3.26. The van der Waals surface area contributed by atoms with Crippen molar-refractivity contribution < 1.29 is 19.4 Å². The Balaban J connectivity index is 2.27. The molecular formula is C17H22N2O4S. The molecule has 0 spiro atoms. The molecule has 7 heteroatoms. The number of hydrogen-bond acceptors (Lipinski definition) is 6. The van der Waals surface area contributed by atoms with Crippen molar-refractivity contribution in [2.75, 3.05) is 34.4 Å². The van der Waals surface area contributed by atoms with Crippen LogP contribution in [0.15, 0.2) is 18.2 Å². The van der Waals surface area contributed by atoms with Gasteiger partial charge in [-0.2, -0.15) is 0 Å². The van der Waals surface area contributed by atoms with Crippen LogP contribution in [0.3, 0.4) is 0 Å². The van der Waals surface area contributed by atoms with E-state index in [-0.39, 0.29) is 4.88 Å². The van der Waals surface area contributed by atoms with E-state index in [2.05, 4.69) is 4.98 Å². The lowest BCUT2D eigenvalue weighted by Gasteiger charge is -2.14. The normalized spacial score (nSPS) is 10.9. The van der Waals surface area contributed by atoms with Crippen LogP contribution in [0.4, 0.5) is 0 Å². The van der Waals surface area contributed by atoms with E-state index in [9.17, 15) is 9.90 Å². The molecule has 0 aliphatic rings. The summed E-state index contributed by atoms with van der Waals surface area (Å²) in [5, 5.41) is 9.93. The minimum absolute atomic E-state index is 0.290. The van der Waals surface area contributed by atoms with Crippen molar-refractivity contribution in [1.29, 1.82) is 0 Å². The number of hydrogen-bond donors (Lipinski definition) is 1. The lowest BCUT2D eigenvalue weighted by atomic mass is 10.2. The van der Waals surface area contributed by atoms with Gasteiger partial charge in [-0.25, -0.2) is 9.78 Å². The fourth-order valence-corrected chi connectivity index (χ4v) is 3.13. The van der Waals surface area contributed by atoms with Crippen LogP contribution in [-0.2, 0) is 6.42 Å². The summed E-state index contributed by atoms with van der Waals surface area (Å²) in [7, 11) is 5.55. The number of aromatic nitrogens is 1. The molecule has 1 heterocycles. The lowest BCUT2D eigenvalue weighted by molar-refractivity contribution is 0.0701. The van der Waals surface area contributed by atoms with Crippen molar-refractivity contribution in [3.8, 4) is 22.1 Å². The van der Waals surface area contributed by atoms with Gasteiger partial charge in [0.15, 0.2) is 11.5 Å². The summed E-state index contributed by atoms with van der Waals surface area (Å²) in [5.41, 5.74) is 1.42. The van der Waals surface area contributed by atoms with E-state index in [1.54, 1.807) is 7.11 Å². The smallest absolute Gasteiger partial charge is 0.347 e. The summed E-state index contributed by atoms with van der Waals surface area (Å²) in [4.78, 5) is 18.1.